The van der Waals surface area contributed by atoms with Gasteiger partial charge in [0.2, 0.25) is 5.91 Å². The molecule has 176 valence electrons. The molecule has 0 aliphatic carbocycles. The topological polar surface area (TPSA) is 58.4 Å². The van der Waals surface area contributed by atoms with Crippen molar-refractivity contribution in [2.45, 2.75) is 40.2 Å². The molecule has 7 heteroatoms. The van der Waals surface area contributed by atoms with Gasteiger partial charge in [0.05, 0.1) is 15.8 Å². The number of carbonyl (C=O) groups is 1. The van der Waals surface area contributed by atoms with Gasteiger partial charge in [-0.05, 0) is 50.5 Å². The summed E-state index contributed by atoms with van der Waals surface area (Å²) in [6.45, 7) is 11.0. The van der Waals surface area contributed by atoms with Gasteiger partial charge in [0.25, 0.3) is 5.56 Å². The lowest BCUT2D eigenvalue weighted by molar-refractivity contribution is -0.135. The smallest absolute Gasteiger partial charge is 0.276 e. The van der Waals surface area contributed by atoms with Crippen LogP contribution in [0.15, 0.2) is 47.3 Å². The highest BCUT2D eigenvalue weighted by atomic mass is 32.1. The van der Waals surface area contributed by atoms with Crippen molar-refractivity contribution >= 4 is 43.1 Å². The number of hydrogen-bond acceptors (Lipinski definition) is 5. The summed E-state index contributed by atoms with van der Waals surface area (Å²) in [7, 11) is 0. The van der Waals surface area contributed by atoms with Crippen LogP contribution in [-0.4, -0.2) is 46.8 Å². The van der Waals surface area contributed by atoms with Crippen molar-refractivity contribution in [2.24, 2.45) is 0 Å². The molecule has 1 atom stereocenters. The summed E-state index contributed by atoms with van der Waals surface area (Å²) < 4.78 is 3.42. The number of rotatable bonds is 4. The lowest BCUT2D eigenvalue weighted by atomic mass is 10.1. The molecule has 0 spiro atoms. The molecule has 0 saturated carbocycles. The fourth-order valence-electron chi connectivity index (χ4n) is 5.00. The quantitative estimate of drug-likeness (QED) is 0.425. The van der Waals surface area contributed by atoms with Crippen LogP contribution in [0.2, 0.25) is 0 Å². The number of hydrogen-bond donors (Lipinski definition) is 0. The Hall–Kier alpha value is -3.19. The molecule has 0 N–H and O–H groups in total. The zero-order valence-electron chi connectivity index (χ0n) is 20.2. The molecular formula is C27H30N4O2S. The number of aryl methyl sites for hydroxylation is 2. The molecule has 1 amide bonds. The number of thiophene rings is 1. The lowest BCUT2D eigenvalue weighted by Gasteiger charge is -2.38. The molecule has 34 heavy (non-hydrogen) atoms. The predicted octanol–water partition coefficient (Wildman–Crippen LogP) is 4.84. The Bertz CT molecular complexity index is 1450. The number of benzene rings is 2. The summed E-state index contributed by atoms with van der Waals surface area (Å²) in [6, 6.07) is 13.7. The van der Waals surface area contributed by atoms with Crippen molar-refractivity contribution in [3.8, 4) is 0 Å². The molecule has 0 radical (unpaired) electrons. The average molecular weight is 475 g/mol. The zero-order chi connectivity index (χ0) is 24.0. The van der Waals surface area contributed by atoms with E-state index in [1.165, 1.54) is 21.5 Å². The number of aromatic nitrogens is 2. The van der Waals surface area contributed by atoms with Crippen molar-refractivity contribution in [3.63, 3.8) is 0 Å². The molecule has 2 aromatic heterocycles. The minimum atomic E-state index is -0.596. The van der Waals surface area contributed by atoms with Crippen LogP contribution in [0, 0.1) is 20.8 Å². The summed E-state index contributed by atoms with van der Waals surface area (Å²) in [5.74, 6) is -0.0176. The second-order valence-corrected chi connectivity index (χ2v) is 10.1. The number of amides is 1. The maximum atomic E-state index is 13.6. The number of anilines is 1. The zero-order valence-corrected chi connectivity index (χ0v) is 21.0. The number of carbonyl (C=O) groups excluding carboxylic acids is 1. The van der Waals surface area contributed by atoms with Gasteiger partial charge in [0.15, 0.2) is 0 Å². The first-order valence-corrected chi connectivity index (χ1v) is 12.7. The van der Waals surface area contributed by atoms with Crippen LogP contribution >= 0.6 is 11.3 Å². The Morgan fingerprint density at radius 3 is 2.50 bits per heavy atom. The summed E-state index contributed by atoms with van der Waals surface area (Å²) in [5, 5.41) is 6.24. The third kappa shape index (κ3) is 3.68. The van der Waals surface area contributed by atoms with Gasteiger partial charge in [-0.1, -0.05) is 37.3 Å². The lowest BCUT2D eigenvalue weighted by Crippen LogP contribution is -2.51. The van der Waals surface area contributed by atoms with Gasteiger partial charge in [-0.15, -0.1) is 11.3 Å². The molecule has 1 aliphatic rings. The first kappa shape index (κ1) is 22.6. The third-order valence-corrected chi connectivity index (χ3v) is 8.36. The standard InChI is InChI=1S/C27H30N4O2S/c1-5-21(26(32)30-15-13-29(14-16-30)22-11-8-9-17(2)18(22)3)31-27(33)24-20-10-6-7-12-23(20)34-25(24)19(4)28-31/h6-12,21H,5,13-16H2,1-4H3/t21-/m1/s1. The van der Waals surface area contributed by atoms with Gasteiger partial charge in [0, 0.05) is 42.0 Å². The molecular weight excluding hydrogens is 444 g/mol. The van der Waals surface area contributed by atoms with Crippen LogP contribution in [0.3, 0.4) is 0 Å². The van der Waals surface area contributed by atoms with Crippen LogP contribution in [0.5, 0.6) is 0 Å². The maximum Gasteiger partial charge on any atom is 0.276 e. The van der Waals surface area contributed by atoms with Crippen molar-refractivity contribution in [3.05, 3.63) is 69.6 Å². The fraction of sp³-hybridized carbons (Fsp3) is 0.370. The number of piperazine rings is 1. The molecule has 1 fully saturated rings. The highest BCUT2D eigenvalue weighted by Gasteiger charge is 2.30. The normalized spacial score (nSPS) is 15.3. The van der Waals surface area contributed by atoms with E-state index in [1.54, 1.807) is 11.3 Å². The Kier molecular flexibility index (Phi) is 5.90. The second kappa shape index (κ2) is 8.87. The molecule has 5 rings (SSSR count). The fourth-order valence-corrected chi connectivity index (χ4v) is 6.13. The third-order valence-electron chi connectivity index (χ3n) is 7.08. The molecule has 0 unspecified atom stereocenters. The van der Waals surface area contributed by atoms with Crippen LogP contribution < -0.4 is 10.5 Å². The van der Waals surface area contributed by atoms with E-state index in [9.17, 15) is 9.59 Å². The van der Waals surface area contributed by atoms with Gasteiger partial charge in [-0.3, -0.25) is 9.59 Å². The number of nitrogens with zero attached hydrogens (tertiary/aromatic N) is 4. The van der Waals surface area contributed by atoms with Crippen LogP contribution in [0.25, 0.3) is 20.2 Å². The Labute approximate surface area is 203 Å². The van der Waals surface area contributed by atoms with Crippen molar-refractivity contribution in [1.29, 1.82) is 0 Å². The average Bonchev–Trinajstić information content (AvgIpc) is 3.25. The Balaban J connectivity index is 1.43. The Morgan fingerprint density at radius 2 is 1.76 bits per heavy atom. The molecule has 1 aliphatic heterocycles. The first-order chi connectivity index (χ1) is 16.4. The van der Waals surface area contributed by atoms with E-state index in [2.05, 4.69) is 42.0 Å². The summed E-state index contributed by atoms with van der Waals surface area (Å²) in [6.07, 6.45) is 0.524. The molecule has 0 bridgehead atoms. The Morgan fingerprint density at radius 1 is 1.03 bits per heavy atom. The summed E-state index contributed by atoms with van der Waals surface area (Å²) in [5.41, 5.74) is 4.42. The maximum absolute atomic E-state index is 13.6. The van der Waals surface area contributed by atoms with Crippen molar-refractivity contribution in [1.82, 2.24) is 14.7 Å². The molecule has 3 heterocycles. The number of fused-ring (bicyclic) bond motifs is 3. The van der Waals surface area contributed by atoms with Gasteiger partial charge in [-0.25, -0.2) is 4.68 Å². The molecule has 6 nitrogen and oxygen atoms in total. The molecule has 4 aromatic rings. The van der Waals surface area contributed by atoms with E-state index in [1.807, 2.05) is 43.0 Å². The van der Waals surface area contributed by atoms with Crippen molar-refractivity contribution in [2.75, 3.05) is 31.1 Å². The minimum Gasteiger partial charge on any atom is -0.368 e. The van der Waals surface area contributed by atoms with Crippen LogP contribution in [-0.2, 0) is 4.79 Å². The van der Waals surface area contributed by atoms with Crippen LogP contribution in [0.1, 0.15) is 36.2 Å². The molecule has 2 aromatic carbocycles. The van der Waals surface area contributed by atoms with E-state index >= 15 is 0 Å². The van der Waals surface area contributed by atoms with E-state index in [4.69, 9.17) is 0 Å². The van der Waals surface area contributed by atoms with Gasteiger partial charge in [0.1, 0.15) is 6.04 Å². The SMILES string of the molecule is CC[C@H](C(=O)N1CCN(c2cccc(C)c2C)CC1)n1nc(C)c2sc3ccccc3c2c1=O. The van der Waals surface area contributed by atoms with Gasteiger partial charge < -0.3 is 9.80 Å². The van der Waals surface area contributed by atoms with Crippen molar-refractivity contribution < 1.29 is 4.79 Å². The predicted molar refractivity (Wildman–Crippen MR) is 140 cm³/mol. The van der Waals surface area contributed by atoms with Gasteiger partial charge >= 0.3 is 0 Å². The summed E-state index contributed by atoms with van der Waals surface area (Å²) in [4.78, 5) is 31.4. The highest BCUT2D eigenvalue weighted by molar-refractivity contribution is 7.26. The largest absolute Gasteiger partial charge is 0.368 e. The monoisotopic (exact) mass is 474 g/mol. The van der Waals surface area contributed by atoms with E-state index in [-0.39, 0.29) is 11.5 Å². The van der Waals surface area contributed by atoms with E-state index in [0.29, 0.717) is 24.9 Å². The highest BCUT2D eigenvalue weighted by Crippen LogP contribution is 2.33. The van der Waals surface area contributed by atoms with E-state index in [0.717, 1.165) is 33.6 Å². The first-order valence-electron chi connectivity index (χ1n) is 11.9. The molecule has 1 saturated heterocycles. The van der Waals surface area contributed by atoms with Crippen LogP contribution in [0.4, 0.5) is 5.69 Å². The summed E-state index contributed by atoms with van der Waals surface area (Å²) >= 11 is 1.59. The van der Waals surface area contributed by atoms with E-state index < -0.39 is 6.04 Å². The minimum absolute atomic E-state index is 0.0176. The second-order valence-electron chi connectivity index (χ2n) is 9.09. The van der Waals surface area contributed by atoms with Gasteiger partial charge in [-0.2, -0.15) is 5.10 Å².